The van der Waals surface area contributed by atoms with Crippen LogP contribution in [0.15, 0.2) is 91.0 Å². The van der Waals surface area contributed by atoms with Crippen molar-refractivity contribution in [1.82, 2.24) is 5.32 Å². The molecule has 0 saturated carbocycles. The van der Waals surface area contributed by atoms with E-state index < -0.39 is 35.6 Å². The van der Waals surface area contributed by atoms with Gasteiger partial charge in [0.25, 0.3) is 0 Å². The minimum absolute atomic E-state index is 0.0317. The molecule has 1 amide bonds. The summed E-state index contributed by atoms with van der Waals surface area (Å²) in [6.45, 7) is 5.11. The molecule has 3 aromatic carbocycles. The van der Waals surface area contributed by atoms with Crippen LogP contribution in [0.2, 0.25) is 0 Å². The second-order valence-corrected chi connectivity index (χ2v) is 9.20. The summed E-state index contributed by atoms with van der Waals surface area (Å²) in [5, 5.41) is 2.69. The Bertz CT molecular complexity index is 1070. The van der Waals surface area contributed by atoms with Crippen LogP contribution < -0.4 is 5.32 Å². The zero-order chi connectivity index (χ0) is 26.0. The van der Waals surface area contributed by atoms with Gasteiger partial charge in [-0.3, -0.25) is 9.59 Å². The molecule has 0 aliphatic carbocycles. The molecule has 7 heteroatoms. The first-order valence-corrected chi connectivity index (χ1v) is 11.7. The highest BCUT2D eigenvalue weighted by Crippen LogP contribution is 2.27. The predicted octanol–water partition coefficient (Wildman–Crippen LogP) is 5.36. The fourth-order valence-electron chi connectivity index (χ4n) is 3.46. The first-order chi connectivity index (χ1) is 17.2. The SMILES string of the molecule is CC(C)(C)OC(=O)N[C@@H](c1ccccc1)C(C(=O)OCc1ccccc1)C(=O)OCc1ccccc1. The van der Waals surface area contributed by atoms with Gasteiger partial charge in [0.15, 0.2) is 5.92 Å². The Hall–Kier alpha value is -4.13. The van der Waals surface area contributed by atoms with Crippen LogP contribution in [-0.4, -0.2) is 23.6 Å². The van der Waals surface area contributed by atoms with Crippen molar-refractivity contribution in [1.29, 1.82) is 0 Å². The van der Waals surface area contributed by atoms with Gasteiger partial charge in [-0.05, 0) is 37.5 Å². The quantitative estimate of drug-likeness (QED) is 0.247. The third-order valence-corrected chi connectivity index (χ3v) is 5.12. The van der Waals surface area contributed by atoms with E-state index in [-0.39, 0.29) is 13.2 Å². The molecule has 1 atom stereocenters. The van der Waals surface area contributed by atoms with Crippen molar-refractivity contribution in [2.75, 3.05) is 0 Å². The Kier molecular flexibility index (Phi) is 9.22. The zero-order valence-electron chi connectivity index (χ0n) is 20.7. The average molecular weight is 490 g/mol. The highest BCUT2D eigenvalue weighted by atomic mass is 16.6. The third-order valence-electron chi connectivity index (χ3n) is 5.12. The molecule has 0 heterocycles. The van der Waals surface area contributed by atoms with Gasteiger partial charge in [-0.15, -0.1) is 0 Å². The van der Waals surface area contributed by atoms with Crippen molar-refractivity contribution < 1.29 is 28.6 Å². The molecular formula is C29H31NO6. The van der Waals surface area contributed by atoms with E-state index in [1.54, 1.807) is 51.1 Å². The molecule has 1 N–H and O–H groups in total. The van der Waals surface area contributed by atoms with Crippen LogP contribution in [0.5, 0.6) is 0 Å². The Morgan fingerprint density at radius 3 is 1.53 bits per heavy atom. The lowest BCUT2D eigenvalue weighted by atomic mass is 9.93. The first kappa shape index (κ1) is 26.5. The van der Waals surface area contributed by atoms with Gasteiger partial charge in [-0.2, -0.15) is 0 Å². The van der Waals surface area contributed by atoms with Crippen LogP contribution in [0.3, 0.4) is 0 Å². The Labute approximate surface area is 211 Å². The molecule has 0 saturated heterocycles. The molecule has 0 aliphatic heterocycles. The maximum absolute atomic E-state index is 13.3. The van der Waals surface area contributed by atoms with Gasteiger partial charge in [0.2, 0.25) is 0 Å². The maximum atomic E-state index is 13.3. The van der Waals surface area contributed by atoms with Crippen LogP contribution in [0.25, 0.3) is 0 Å². The number of carbonyl (C=O) groups excluding carboxylic acids is 3. The van der Waals surface area contributed by atoms with Gasteiger partial charge in [-0.1, -0.05) is 91.0 Å². The molecule has 0 aliphatic rings. The summed E-state index contributed by atoms with van der Waals surface area (Å²) in [7, 11) is 0. The van der Waals surface area contributed by atoms with Crippen LogP contribution in [0.4, 0.5) is 4.79 Å². The van der Waals surface area contributed by atoms with Gasteiger partial charge in [0.1, 0.15) is 18.8 Å². The van der Waals surface area contributed by atoms with E-state index in [4.69, 9.17) is 14.2 Å². The zero-order valence-corrected chi connectivity index (χ0v) is 20.7. The van der Waals surface area contributed by atoms with E-state index in [1.165, 1.54) is 0 Å². The van der Waals surface area contributed by atoms with Crippen molar-refractivity contribution in [3.8, 4) is 0 Å². The van der Waals surface area contributed by atoms with Crippen molar-refractivity contribution in [3.05, 3.63) is 108 Å². The standard InChI is InChI=1S/C29H31NO6/c1-29(2,3)36-28(33)30-25(23-17-11-6-12-18-23)24(26(31)34-19-21-13-7-4-8-14-21)27(32)35-20-22-15-9-5-10-16-22/h4-18,24-25H,19-20H2,1-3H3,(H,30,33)/t25-/m0/s1. The molecule has 3 rings (SSSR count). The van der Waals surface area contributed by atoms with E-state index in [2.05, 4.69) is 5.32 Å². The summed E-state index contributed by atoms with van der Waals surface area (Å²) in [5.41, 5.74) is 1.28. The fourth-order valence-corrected chi connectivity index (χ4v) is 3.46. The van der Waals surface area contributed by atoms with Crippen LogP contribution in [0, 0.1) is 5.92 Å². The van der Waals surface area contributed by atoms with Gasteiger partial charge in [0.05, 0.1) is 6.04 Å². The highest BCUT2D eigenvalue weighted by Gasteiger charge is 2.40. The summed E-state index contributed by atoms with van der Waals surface area (Å²) in [4.78, 5) is 39.4. The van der Waals surface area contributed by atoms with E-state index in [0.717, 1.165) is 11.1 Å². The Balaban J connectivity index is 1.88. The van der Waals surface area contributed by atoms with E-state index >= 15 is 0 Å². The minimum Gasteiger partial charge on any atom is -0.460 e. The monoisotopic (exact) mass is 489 g/mol. The van der Waals surface area contributed by atoms with Crippen molar-refractivity contribution in [2.45, 2.75) is 45.6 Å². The summed E-state index contributed by atoms with van der Waals surface area (Å²) < 4.78 is 16.4. The van der Waals surface area contributed by atoms with Crippen molar-refractivity contribution in [3.63, 3.8) is 0 Å². The number of hydrogen-bond acceptors (Lipinski definition) is 6. The van der Waals surface area contributed by atoms with E-state index in [9.17, 15) is 14.4 Å². The number of carbonyl (C=O) groups is 3. The van der Waals surface area contributed by atoms with E-state index in [1.807, 2.05) is 60.7 Å². The van der Waals surface area contributed by atoms with E-state index in [0.29, 0.717) is 5.56 Å². The molecule has 188 valence electrons. The molecule has 36 heavy (non-hydrogen) atoms. The normalized spacial score (nSPS) is 11.9. The number of esters is 2. The molecular weight excluding hydrogens is 458 g/mol. The topological polar surface area (TPSA) is 90.9 Å². The number of hydrogen-bond donors (Lipinski definition) is 1. The smallest absolute Gasteiger partial charge is 0.408 e. The van der Waals surface area contributed by atoms with Crippen molar-refractivity contribution >= 4 is 18.0 Å². The average Bonchev–Trinajstić information content (AvgIpc) is 2.86. The third kappa shape index (κ3) is 8.27. The molecule has 0 spiro atoms. The molecule has 0 unspecified atom stereocenters. The summed E-state index contributed by atoms with van der Waals surface area (Å²) in [5.74, 6) is -3.10. The second kappa shape index (κ2) is 12.5. The number of alkyl carbamates (subject to hydrolysis) is 1. The first-order valence-electron chi connectivity index (χ1n) is 11.7. The lowest BCUT2D eigenvalue weighted by molar-refractivity contribution is -0.165. The van der Waals surface area contributed by atoms with Crippen LogP contribution in [0.1, 0.15) is 43.5 Å². The van der Waals surface area contributed by atoms with Gasteiger partial charge >= 0.3 is 18.0 Å². The summed E-state index contributed by atoms with van der Waals surface area (Å²) >= 11 is 0. The van der Waals surface area contributed by atoms with Gasteiger partial charge < -0.3 is 19.5 Å². The molecule has 7 nitrogen and oxygen atoms in total. The summed E-state index contributed by atoms with van der Waals surface area (Å²) in [6, 6.07) is 25.9. The predicted molar refractivity (Wildman–Crippen MR) is 135 cm³/mol. The largest absolute Gasteiger partial charge is 0.460 e. The van der Waals surface area contributed by atoms with Crippen LogP contribution in [-0.2, 0) is 37.0 Å². The highest BCUT2D eigenvalue weighted by molar-refractivity contribution is 5.96. The minimum atomic E-state index is -1.47. The Morgan fingerprint density at radius 1 is 0.694 bits per heavy atom. The fraction of sp³-hybridized carbons (Fsp3) is 0.276. The molecule has 3 aromatic rings. The number of nitrogens with one attached hydrogen (secondary N) is 1. The molecule has 0 radical (unpaired) electrons. The Morgan fingerprint density at radius 2 is 1.11 bits per heavy atom. The number of ether oxygens (including phenoxy) is 3. The number of rotatable bonds is 9. The second-order valence-electron chi connectivity index (χ2n) is 9.20. The van der Waals surface area contributed by atoms with Crippen molar-refractivity contribution in [2.24, 2.45) is 5.92 Å². The van der Waals surface area contributed by atoms with Gasteiger partial charge in [0, 0.05) is 0 Å². The molecule has 0 bridgehead atoms. The van der Waals surface area contributed by atoms with Crippen LogP contribution >= 0.6 is 0 Å². The molecule has 0 aromatic heterocycles. The lowest BCUT2D eigenvalue weighted by Crippen LogP contribution is -2.43. The summed E-state index contributed by atoms with van der Waals surface area (Å²) in [6.07, 6.45) is -0.770. The lowest BCUT2D eigenvalue weighted by Gasteiger charge is -2.27. The molecule has 0 fully saturated rings. The number of benzene rings is 3. The van der Waals surface area contributed by atoms with Gasteiger partial charge in [-0.25, -0.2) is 4.79 Å². The number of amides is 1. The maximum Gasteiger partial charge on any atom is 0.408 e.